The first-order valence-corrected chi connectivity index (χ1v) is 9.76. The Bertz CT molecular complexity index is 1250. The molecule has 5 rings (SSSR count). The highest BCUT2D eigenvalue weighted by atomic mass is 32.2. The number of fused-ring (bicyclic) bond motifs is 2. The Hall–Kier alpha value is -3.17. The van der Waals surface area contributed by atoms with Crippen molar-refractivity contribution in [3.8, 4) is 0 Å². The first kappa shape index (κ1) is 16.0. The van der Waals surface area contributed by atoms with Crippen LogP contribution in [0.4, 0.5) is 16.6 Å². The van der Waals surface area contributed by atoms with E-state index in [2.05, 4.69) is 31.7 Å². The Morgan fingerprint density at radius 1 is 1.00 bits per heavy atom. The fourth-order valence-electron chi connectivity index (χ4n) is 2.66. The zero-order valence-electron chi connectivity index (χ0n) is 13.9. The minimum Gasteiger partial charge on any atom is -0.375 e. The number of hydrogen-bond donors (Lipinski definition) is 2. The highest BCUT2D eigenvalue weighted by Crippen LogP contribution is 2.32. The molecule has 0 saturated carbocycles. The lowest BCUT2D eigenvalue weighted by Gasteiger charge is -2.06. The van der Waals surface area contributed by atoms with E-state index in [1.807, 2.05) is 54.6 Å². The highest BCUT2D eigenvalue weighted by Gasteiger charge is 2.11. The average Bonchev–Trinajstić information content (AvgIpc) is 3.25. The number of thiazole rings is 1. The monoisotopic (exact) mass is 391 g/mol. The Kier molecular flexibility index (Phi) is 3.88. The van der Waals surface area contributed by atoms with Crippen molar-refractivity contribution in [2.45, 2.75) is 10.1 Å². The van der Waals surface area contributed by atoms with Crippen LogP contribution in [0.1, 0.15) is 0 Å². The average molecular weight is 391 g/mol. The van der Waals surface area contributed by atoms with Gasteiger partial charge in [0.1, 0.15) is 0 Å². The second-order valence-corrected chi connectivity index (χ2v) is 7.85. The summed E-state index contributed by atoms with van der Waals surface area (Å²) in [5.74, 6) is 0.723. The topological polar surface area (TPSA) is 94.0 Å². The molecule has 0 aliphatic carbocycles. The zero-order chi connectivity index (χ0) is 18.2. The molecule has 2 aromatic carbocycles. The summed E-state index contributed by atoms with van der Waals surface area (Å²) in [6, 6.07) is 19.7. The predicted molar refractivity (Wildman–Crippen MR) is 109 cm³/mol. The van der Waals surface area contributed by atoms with Crippen LogP contribution in [0.5, 0.6) is 0 Å². The van der Waals surface area contributed by atoms with E-state index in [4.69, 9.17) is 5.73 Å². The molecule has 3 N–H and O–H groups in total. The summed E-state index contributed by atoms with van der Waals surface area (Å²) in [6.45, 7) is 0. The van der Waals surface area contributed by atoms with Crippen molar-refractivity contribution in [3.05, 3.63) is 60.7 Å². The van der Waals surface area contributed by atoms with Gasteiger partial charge in [-0.15, -0.1) is 15.3 Å². The maximum atomic E-state index is 5.79. The number of nitrogens with two attached hydrogens (primary N) is 1. The van der Waals surface area contributed by atoms with Crippen LogP contribution in [-0.4, -0.2) is 24.8 Å². The van der Waals surface area contributed by atoms with Crippen molar-refractivity contribution in [1.29, 1.82) is 0 Å². The summed E-state index contributed by atoms with van der Waals surface area (Å²) in [7, 11) is 0. The van der Waals surface area contributed by atoms with Gasteiger partial charge in [-0.25, -0.2) is 4.98 Å². The summed E-state index contributed by atoms with van der Waals surface area (Å²) in [6.07, 6.45) is 0. The van der Waals surface area contributed by atoms with E-state index in [-0.39, 0.29) is 0 Å². The number of nitrogens with one attached hydrogen (secondary N) is 1. The lowest BCUT2D eigenvalue weighted by molar-refractivity contribution is 0.813. The lowest BCUT2D eigenvalue weighted by atomic mass is 10.3. The molecular weight excluding hydrogens is 378 g/mol. The van der Waals surface area contributed by atoms with Crippen molar-refractivity contribution < 1.29 is 0 Å². The largest absolute Gasteiger partial charge is 0.375 e. The first-order chi connectivity index (χ1) is 13.2. The van der Waals surface area contributed by atoms with Gasteiger partial charge in [-0.3, -0.25) is 0 Å². The van der Waals surface area contributed by atoms with E-state index < -0.39 is 0 Å². The van der Waals surface area contributed by atoms with E-state index in [1.165, 1.54) is 23.1 Å². The number of nitrogens with zero attached hydrogens (tertiary/aromatic N) is 5. The van der Waals surface area contributed by atoms with Gasteiger partial charge < -0.3 is 11.1 Å². The smallest absolute Gasteiger partial charge is 0.217 e. The maximum Gasteiger partial charge on any atom is 0.217 e. The van der Waals surface area contributed by atoms with Crippen LogP contribution < -0.4 is 11.1 Å². The Balaban J connectivity index is 1.47. The van der Waals surface area contributed by atoms with Crippen LogP contribution in [0.3, 0.4) is 0 Å². The zero-order valence-corrected chi connectivity index (χ0v) is 15.5. The number of hydrogen-bond acceptors (Lipinski definition) is 8. The minimum absolute atomic E-state index is 0.568. The molecule has 0 saturated heterocycles. The summed E-state index contributed by atoms with van der Waals surface area (Å²) in [5.41, 5.74) is 8.36. The van der Waals surface area contributed by atoms with Gasteiger partial charge >= 0.3 is 0 Å². The molecule has 0 bridgehead atoms. The second-order valence-electron chi connectivity index (χ2n) is 5.75. The third kappa shape index (κ3) is 3.18. The molecule has 0 aliphatic heterocycles. The van der Waals surface area contributed by atoms with Crippen molar-refractivity contribution in [2.75, 3.05) is 11.1 Å². The number of rotatable bonds is 4. The van der Waals surface area contributed by atoms with E-state index >= 15 is 0 Å². The van der Waals surface area contributed by atoms with Crippen LogP contribution >= 0.6 is 23.1 Å². The van der Waals surface area contributed by atoms with Crippen molar-refractivity contribution in [1.82, 2.24) is 24.8 Å². The number of benzene rings is 2. The Morgan fingerprint density at radius 2 is 1.89 bits per heavy atom. The van der Waals surface area contributed by atoms with Gasteiger partial charge in [0, 0.05) is 10.6 Å². The molecular formula is C18H13N7S2. The van der Waals surface area contributed by atoms with Crippen LogP contribution in [0.2, 0.25) is 0 Å². The third-order valence-corrected chi connectivity index (χ3v) is 5.64. The molecule has 132 valence electrons. The number of nitrogen functional groups attached to an aromatic ring is 1. The molecule has 0 fully saturated rings. The third-order valence-electron chi connectivity index (χ3n) is 3.87. The van der Waals surface area contributed by atoms with Gasteiger partial charge in [0.15, 0.2) is 16.6 Å². The van der Waals surface area contributed by atoms with Gasteiger partial charge in [0.2, 0.25) is 5.16 Å². The first-order valence-electron chi connectivity index (χ1n) is 8.13. The molecule has 0 aliphatic rings. The highest BCUT2D eigenvalue weighted by molar-refractivity contribution is 7.99. The molecule has 0 amide bonds. The Morgan fingerprint density at radius 3 is 2.78 bits per heavy atom. The summed E-state index contributed by atoms with van der Waals surface area (Å²) < 4.78 is 2.78. The molecule has 0 atom stereocenters. The SMILES string of the molecule is Nc1nc2ccc(Sc3nnc4ccc(Nc5ccccc5)nn34)cc2s1. The molecule has 0 spiro atoms. The van der Waals surface area contributed by atoms with Crippen LogP contribution in [-0.2, 0) is 0 Å². The van der Waals surface area contributed by atoms with Crippen LogP contribution in [0.15, 0.2) is 70.7 Å². The minimum atomic E-state index is 0.568. The Labute approximate surface area is 162 Å². The summed E-state index contributed by atoms with van der Waals surface area (Å²) >= 11 is 2.97. The predicted octanol–water partition coefficient (Wildman–Crippen LogP) is 4.21. The molecule has 27 heavy (non-hydrogen) atoms. The summed E-state index contributed by atoms with van der Waals surface area (Å²) in [4.78, 5) is 5.32. The van der Waals surface area contributed by atoms with Gasteiger partial charge in [0.05, 0.1) is 10.2 Å². The second kappa shape index (κ2) is 6.53. The number of anilines is 3. The van der Waals surface area contributed by atoms with Gasteiger partial charge in [-0.05, 0) is 54.2 Å². The van der Waals surface area contributed by atoms with E-state index in [0.29, 0.717) is 15.9 Å². The fourth-order valence-corrected chi connectivity index (χ4v) is 4.33. The number of aromatic nitrogens is 5. The summed E-state index contributed by atoms with van der Waals surface area (Å²) in [5, 5.41) is 17.6. The maximum absolute atomic E-state index is 5.79. The molecule has 3 heterocycles. The molecule has 0 unspecified atom stereocenters. The van der Waals surface area contributed by atoms with Crippen molar-refractivity contribution in [3.63, 3.8) is 0 Å². The van der Waals surface area contributed by atoms with E-state index in [9.17, 15) is 0 Å². The van der Waals surface area contributed by atoms with E-state index in [1.54, 1.807) is 4.52 Å². The lowest BCUT2D eigenvalue weighted by Crippen LogP contribution is -1.99. The van der Waals surface area contributed by atoms with Gasteiger partial charge in [0.25, 0.3) is 0 Å². The molecule has 9 heteroatoms. The van der Waals surface area contributed by atoms with Crippen molar-refractivity contribution in [2.24, 2.45) is 0 Å². The quantitative estimate of drug-likeness (QED) is 0.474. The standard InChI is InChI=1S/C18H13N7S2/c19-17-21-13-7-6-12(10-14(13)27-17)26-18-23-22-16-9-8-15(24-25(16)18)20-11-4-2-1-3-5-11/h1-10H,(H2,19,21)(H,20,24). The molecule has 5 aromatic rings. The van der Waals surface area contributed by atoms with Crippen molar-refractivity contribution >= 4 is 55.6 Å². The fraction of sp³-hybridized carbons (Fsp3) is 0. The van der Waals surface area contributed by atoms with Crippen LogP contribution in [0.25, 0.3) is 15.9 Å². The molecule has 0 radical (unpaired) electrons. The van der Waals surface area contributed by atoms with Gasteiger partial charge in [-0.1, -0.05) is 29.5 Å². The molecule has 3 aromatic heterocycles. The van der Waals surface area contributed by atoms with Gasteiger partial charge in [-0.2, -0.15) is 4.52 Å². The molecule has 7 nitrogen and oxygen atoms in total. The van der Waals surface area contributed by atoms with Crippen LogP contribution in [0, 0.1) is 0 Å². The number of para-hydroxylation sites is 1. The normalized spacial score (nSPS) is 11.3. The van der Waals surface area contributed by atoms with E-state index in [0.717, 1.165) is 26.6 Å².